The van der Waals surface area contributed by atoms with Crippen LogP contribution in [0, 0.1) is 23.0 Å². The van der Waals surface area contributed by atoms with Crippen LogP contribution < -0.4 is 5.32 Å². The van der Waals surface area contributed by atoms with Crippen LogP contribution in [-0.4, -0.2) is 41.2 Å². The maximum Gasteiger partial charge on any atom is 0.219 e. The summed E-state index contributed by atoms with van der Waals surface area (Å²) in [6.45, 7) is 9.19. The van der Waals surface area contributed by atoms with Gasteiger partial charge in [0.1, 0.15) is 17.8 Å². The van der Waals surface area contributed by atoms with E-state index in [1.54, 1.807) is 4.90 Å². The number of likely N-dealkylation sites (tertiary alicyclic amines) is 1. The molecule has 0 unspecified atom stereocenters. The molecule has 4 rings (SSSR count). The molecule has 1 aliphatic heterocycles. The Labute approximate surface area is 211 Å². The van der Waals surface area contributed by atoms with Gasteiger partial charge < -0.3 is 14.8 Å². The van der Waals surface area contributed by atoms with E-state index in [0.29, 0.717) is 25.2 Å². The normalized spacial score (nSPS) is 19.0. The summed E-state index contributed by atoms with van der Waals surface area (Å²) in [5.74, 6) is -1.42. The van der Waals surface area contributed by atoms with Crippen molar-refractivity contribution < 1.29 is 18.0 Å². The Hall–Kier alpha value is -3.06. The van der Waals surface area contributed by atoms with Crippen molar-refractivity contribution in [2.24, 2.45) is 11.3 Å². The molecule has 1 amide bonds. The topological polar surface area (TPSA) is 37.3 Å². The van der Waals surface area contributed by atoms with Crippen LogP contribution in [-0.2, 0) is 11.3 Å². The molecule has 3 atom stereocenters. The molecule has 2 aromatic carbocycles. The predicted octanol–water partition coefficient (Wildman–Crippen LogP) is 5.97. The van der Waals surface area contributed by atoms with Crippen molar-refractivity contribution in [3.8, 4) is 11.1 Å². The molecule has 1 fully saturated rings. The molecular weight excluding hydrogens is 463 g/mol. The number of nitrogens with zero attached hydrogens (tertiary/aromatic N) is 2. The zero-order valence-corrected chi connectivity index (χ0v) is 21.3. The summed E-state index contributed by atoms with van der Waals surface area (Å²) >= 11 is 0. The first-order valence-electron chi connectivity index (χ1n) is 12.4. The maximum atomic E-state index is 14.7. The highest BCUT2D eigenvalue weighted by atomic mass is 19.1. The van der Waals surface area contributed by atoms with Gasteiger partial charge in [-0.3, -0.25) is 4.79 Å². The van der Waals surface area contributed by atoms with Crippen molar-refractivity contribution in [1.82, 2.24) is 14.8 Å². The lowest BCUT2D eigenvalue weighted by Gasteiger charge is -2.34. The van der Waals surface area contributed by atoms with Crippen LogP contribution in [0.4, 0.5) is 13.2 Å². The Morgan fingerprint density at radius 2 is 1.81 bits per heavy atom. The molecule has 0 bridgehead atoms. The van der Waals surface area contributed by atoms with E-state index in [0.717, 1.165) is 23.4 Å². The lowest BCUT2D eigenvalue weighted by molar-refractivity contribution is -0.128. The Morgan fingerprint density at radius 1 is 1.08 bits per heavy atom. The van der Waals surface area contributed by atoms with Gasteiger partial charge in [0, 0.05) is 55.5 Å². The third kappa shape index (κ3) is 5.84. The van der Waals surface area contributed by atoms with E-state index in [-0.39, 0.29) is 35.4 Å². The second kappa shape index (κ2) is 10.5. The molecule has 0 saturated carbocycles. The van der Waals surface area contributed by atoms with E-state index in [1.807, 2.05) is 42.6 Å². The highest BCUT2D eigenvalue weighted by molar-refractivity contribution is 5.73. The zero-order valence-electron chi connectivity index (χ0n) is 21.3. The second-order valence-electron chi connectivity index (χ2n) is 10.8. The SMILES string of the molecule is CC(=O)N1C[C@@H](CN[C@@H](c2cc(-c3cc(F)ccc3F)cn2Cc2ccccc2)C(C)(C)C)[C@@H](F)C1. The van der Waals surface area contributed by atoms with Gasteiger partial charge >= 0.3 is 0 Å². The fraction of sp³-hybridized carbons (Fsp3) is 0.414. The average molecular weight is 498 g/mol. The van der Waals surface area contributed by atoms with Crippen molar-refractivity contribution >= 4 is 5.91 Å². The quantitative estimate of drug-likeness (QED) is 0.436. The minimum Gasteiger partial charge on any atom is -0.345 e. The van der Waals surface area contributed by atoms with Gasteiger partial charge in [0.15, 0.2) is 0 Å². The number of carbonyl (C=O) groups excluding carboxylic acids is 1. The van der Waals surface area contributed by atoms with Crippen molar-refractivity contribution in [3.63, 3.8) is 0 Å². The van der Waals surface area contributed by atoms with Crippen LogP contribution >= 0.6 is 0 Å². The van der Waals surface area contributed by atoms with Crippen LogP contribution in [0.2, 0.25) is 0 Å². The van der Waals surface area contributed by atoms with E-state index in [1.165, 1.54) is 13.0 Å². The van der Waals surface area contributed by atoms with E-state index < -0.39 is 17.8 Å². The van der Waals surface area contributed by atoms with Gasteiger partial charge in [-0.2, -0.15) is 0 Å². The van der Waals surface area contributed by atoms with E-state index in [2.05, 4.69) is 30.7 Å². The molecule has 36 heavy (non-hydrogen) atoms. The molecule has 1 N–H and O–H groups in total. The number of hydrogen-bond acceptors (Lipinski definition) is 2. The van der Waals surface area contributed by atoms with Gasteiger partial charge in [-0.25, -0.2) is 13.2 Å². The van der Waals surface area contributed by atoms with E-state index in [4.69, 9.17) is 0 Å². The van der Waals surface area contributed by atoms with Gasteiger partial charge in [0.2, 0.25) is 5.91 Å². The largest absolute Gasteiger partial charge is 0.345 e. The van der Waals surface area contributed by atoms with Gasteiger partial charge in [-0.05, 0) is 35.2 Å². The minimum absolute atomic E-state index is 0.119. The zero-order chi connectivity index (χ0) is 26.0. The van der Waals surface area contributed by atoms with Gasteiger partial charge in [0.25, 0.3) is 0 Å². The monoisotopic (exact) mass is 497 g/mol. The van der Waals surface area contributed by atoms with E-state index in [9.17, 15) is 18.0 Å². The molecule has 7 heteroatoms. The lowest BCUT2D eigenvalue weighted by atomic mass is 9.84. The second-order valence-corrected chi connectivity index (χ2v) is 10.8. The predicted molar refractivity (Wildman–Crippen MR) is 136 cm³/mol. The Balaban J connectivity index is 1.69. The summed E-state index contributed by atoms with van der Waals surface area (Å²) in [5, 5.41) is 3.56. The Bertz CT molecular complexity index is 1200. The number of nitrogens with one attached hydrogen (secondary N) is 1. The molecule has 0 spiro atoms. The number of amides is 1. The maximum absolute atomic E-state index is 14.7. The smallest absolute Gasteiger partial charge is 0.219 e. The number of carbonyl (C=O) groups is 1. The molecule has 1 aromatic heterocycles. The van der Waals surface area contributed by atoms with Crippen LogP contribution in [0.25, 0.3) is 11.1 Å². The first-order chi connectivity index (χ1) is 17.0. The van der Waals surface area contributed by atoms with Gasteiger partial charge in [-0.1, -0.05) is 51.1 Å². The number of aromatic nitrogens is 1. The van der Waals surface area contributed by atoms with Crippen molar-refractivity contribution in [2.75, 3.05) is 19.6 Å². The number of benzene rings is 2. The number of halogens is 3. The molecule has 192 valence electrons. The molecule has 1 saturated heterocycles. The van der Waals surface area contributed by atoms with Crippen LogP contribution in [0.1, 0.15) is 45.0 Å². The highest BCUT2D eigenvalue weighted by Gasteiger charge is 2.36. The lowest BCUT2D eigenvalue weighted by Crippen LogP contribution is -2.39. The van der Waals surface area contributed by atoms with Crippen molar-refractivity contribution in [2.45, 2.75) is 46.5 Å². The summed E-state index contributed by atoms with van der Waals surface area (Å²) in [5.41, 5.74) is 2.50. The van der Waals surface area contributed by atoms with Crippen molar-refractivity contribution in [3.05, 3.63) is 83.7 Å². The third-order valence-corrected chi connectivity index (χ3v) is 6.92. The van der Waals surface area contributed by atoms with Crippen LogP contribution in [0.5, 0.6) is 0 Å². The molecule has 3 aromatic rings. The standard InChI is InChI=1S/C29H34F3N3O/c1-19(36)34-17-22(26(32)18-34)14-33-28(29(2,3)4)27-12-21(24-13-23(30)10-11-25(24)31)16-35(27)15-20-8-6-5-7-9-20/h5-13,16,22,26,28,33H,14-15,17-18H2,1-4H3/t22-,26+,28+/m1/s1. The third-order valence-electron chi connectivity index (χ3n) is 6.92. The molecular formula is C29H34F3N3O. The van der Waals surface area contributed by atoms with Crippen LogP contribution in [0.3, 0.4) is 0 Å². The molecule has 4 nitrogen and oxygen atoms in total. The van der Waals surface area contributed by atoms with Gasteiger partial charge in [-0.15, -0.1) is 0 Å². The number of alkyl halides is 1. The number of hydrogen-bond donors (Lipinski definition) is 1. The summed E-state index contributed by atoms with van der Waals surface area (Å²) in [6, 6.07) is 15.1. The van der Waals surface area contributed by atoms with Gasteiger partial charge in [0.05, 0.1) is 12.6 Å². The summed E-state index contributed by atoms with van der Waals surface area (Å²) < 4.78 is 45.5. The summed E-state index contributed by atoms with van der Waals surface area (Å²) in [4.78, 5) is 13.3. The average Bonchev–Trinajstić information content (AvgIpc) is 3.39. The fourth-order valence-corrected chi connectivity index (χ4v) is 4.96. The molecule has 1 aliphatic rings. The first kappa shape index (κ1) is 26.0. The molecule has 0 radical (unpaired) electrons. The summed E-state index contributed by atoms with van der Waals surface area (Å²) in [6.07, 6.45) is 0.765. The Kier molecular flexibility index (Phi) is 7.59. The highest BCUT2D eigenvalue weighted by Crippen LogP contribution is 2.37. The van der Waals surface area contributed by atoms with Crippen LogP contribution in [0.15, 0.2) is 60.8 Å². The number of rotatable bonds is 7. The first-order valence-corrected chi connectivity index (χ1v) is 12.4. The van der Waals surface area contributed by atoms with E-state index >= 15 is 0 Å². The van der Waals surface area contributed by atoms with Crippen molar-refractivity contribution in [1.29, 1.82) is 0 Å². The minimum atomic E-state index is -1.09. The molecule has 2 heterocycles. The summed E-state index contributed by atoms with van der Waals surface area (Å²) in [7, 11) is 0. The molecule has 0 aliphatic carbocycles. The Morgan fingerprint density at radius 3 is 2.44 bits per heavy atom. The fourth-order valence-electron chi connectivity index (χ4n) is 4.96.